The minimum absolute atomic E-state index is 0.0138. The summed E-state index contributed by atoms with van der Waals surface area (Å²) in [7, 11) is -2.97. The van der Waals surface area contributed by atoms with Crippen molar-refractivity contribution >= 4 is 51.0 Å². The number of hydrogen-bond donors (Lipinski definition) is 3. The number of rotatable bonds is 13. The fraction of sp³-hybridized carbons (Fsp3) is 0.303. The summed E-state index contributed by atoms with van der Waals surface area (Å²) >= 11 is 0. The first kappa shape index (κ1) is 33.9. The lowest BCUT2D eigenvalue weighted by Gasteiger charge is -2.35. The number of amides is 4. The van der Waals surface area contributed by atoms with Gasteiger partial charge in [-0.25, -0.2) is 23.1 Å². The molecule has 3 N–H and O–H groups in total. The number of nitrogens with zero attached hydrogens (tertiary/aromatic N) is 3. The van der Waals surface area contributed by atoms with Gasteiger partial charge in [0.1, 0.15) is 22.4 Å². The molecule has 2 aliphatic rings. The molecule has 2 heterocycles. The van der Waals surface area contributed by atoms with E-state index < -0.39 is 58.2 Å². The molecule has 2 atom stereocenters. The average molecular weight is 678 g/mol. The lowest BCUT2D eigenvalue weighted by atomic mass is 10.1. The van der Waals surface area contributed by atoms with Crippen LogP contribution in [-0.4, -0.2) is 84.7 Å². The second-order valence-electron chi connectivity index (χ2n) is 11.2. The minimum Gasteiger partial charge on any atom is -0.495 e. The number of carbonyl (C=O) groups excluding carboxylic acids is 3. The van der Waals surface area contributed by atoms with Gasteiger partial charge in [-0.05, 0) is 56.2 Å². The summed E-state index contributed by atoms with van der Waals surface area (Å²) < 4.78 is 40.5. The maximum Gasteiger partial charge on any atom is 0.325 e. The molecule has 0 aliphatic carbocycles. The highest BCUT2D eigenvalue weighted by Gasteiger charge is 2.50. The van der Waals surface area contributed by atoms with Crippen LogP contribution in [0.1, 0.15) is 30.4 Å². The first-order valence-corrected chi connectivity index (χ1v) is 16.6. The number of carboxylic acids is 1. The number of fused-ring (bicyclic) bond motifs is 1. The Balaban J connectivity index is 1.55. The molecule has 2 unspecified atom stereocenters. The van der Waals surface area contributed by atoms with Crippen LogP contribution in [0.2, 0.25) is 0 Å². The Labute approximate surface area is 277 Å². The summed E-state index contributed by atoms with van der Waals surface area (Å²) in [5, 5.41) is 14.3. The molecule has 0 saturated carbocycles. The Hall–Kier alpha value is -5.44. The maximum absolute atomic E-state index is 14.2. The molecule has 15 heteroatoms. The lowest BCUT2D eigenvalue weighted by Crippen LogP contribution is -2.58. The normalized spacial score (nSPS) is 17.2. The van der Waals surface area contributed by atoms with E-state index in [1.165, 1.54) is 31.4 Å². The largest absolute Gasteiger partial charge is 0.495 e. The van der Waals surface area contributed by atoms with Crippen LogP contribution in [0.3, 0.4) is 0 Å². The van der Waals surface area contributed by atoms with Crippen LogP contribution in [0.4, 0.5) is 16.2 Å². The number of urea groups is 1. The smallest absolute Gasteiger partial charge is 0.325 e. The molecule has 252 valence electrons. The third kappa shape index (κ3) is 6.95. The zero-order chi connectivity index (χ0) is 34.6. The number of sulfonamides is 1. The van der Waals surface area contributed by atoms with Crippen molar-refractivity contribution in [3.05, 3.63) is 77.9 Å². The SMILES string of the molecule is COc1ccccc1NC(=O)C(C1=Nc2ccccc2S(=O)(=O)N1CCCOc1ccc(C)cc1C)N1C(=O)NC(CCC(=O)O)C1=O. The summed E-state index contributed by atoms with van der Waals surface area (Å²) in [6, 6.07) is 13.9. The predicted octanol–water partition coefficient (Wildman–Crippen LogP) is 3.61. The number of para-hydroxylation sites is 3. The van der Waals surface area contributed by atoms with E-state index in [1.54, 1.807) is 24.3 Å². The number of anilines is 1. The summed E-state index contributed by atoms with van der Waals surface area (Å²) in [4.78, 5) is 57.6. The molecule has 0 bridgehead atoms. The van der Waals surface area contributed by atoms with Gasteiger partial charge in [-0.1, -0.05) is 42.0 Å². The van der Waals surface area contributed by atoms with Gasteiger partial charge in [0.2, 0.25) is 0 Å². The summed E-state index contributed by atoms with van der Waals surface area (Å²) in [5.74, 6) is -2.54. The molecular formula is C33H35N5O9S. The van der Waals surface area contributed by atoms with Crippen molar-refractivity contribution in [2.24, 2.45) is 4.99 Å². The van der Waals surface area contributed by atoms with E-state index in [2.05, 4.69) is 15.6 Å². The molecule has 3 aromatic carbocycles. The van der Waals surface area contributed by atoms with Crippen molar-refractivity contribution in [1.29, 1.82) is 0 Å². The molecule has 48 heavy (non-hydrogen) atoms. The van der Waals surface area contributed by atoms with E-state index in [0.29, 0.717) is 10.6 Å². The standard InChI is InChI=1S/C33H35N5O9S/c1-20-13-15-25(21(2)19-20)47-18-8-17-37-30(34-23-10-5-7-12-27(23)48(37,44)45)29(31(41)35-22-9-4-6-11-26(22)46-3)38-32(42)24(36-33(38)43)14-16-28(39)40/h4-7,9-13,15,19,24,29H,8,14,16-18H2,1-3H3,(H,35,41)(H,36,43)(H,39,40). The number of ether oxygens (including phenoxy) is 2. The van der Waals surface area contributed by atoms with E-state index in [-0.39, 0.29) is 48.0 Å². The zero-order valence-corrected chi connectivity index (χ0v) is 27.3. The van der Waals surface area contributed by atoms with Gasteiger partial charge in [0.25, 0.3) is 21.8 Å². The highest BCUT2D eigenvalue weighted by atomic mass is 32.2. The number of methoxy groups -OCH3 is 1. The highest BCUT2D eigenvalue weighted by Crippen LogP contribution is 2.35. The fourth-order valence-corrected chi connectivity index (χ4v) is 7.15. The number of aliphatic carboxylic acids is 1. The minimum atomic E-state index is -4.36. The van der Waals surface area contributed by atoms with Gasteiger partial charge in [0, 0.05) is 19.4 Å². The number of carboxylic acid groups (broad SMARTS) is 1. The summed E-state index contributed by atoms with van der Waals surface area (Å²) in [6.45, 7) is 3.73. The van der Waals surface area contributed by atoms with Crippen molar-refractivity contribution in [3.63, 3.8) is 0 Å². The second kappa shape index (κ2) is 14.1. The Morgan fingerprint density at radius 1 is 1.04 bits per heavy atom. The van der Waals surface area contributed by atoms with Crippen LogP contribution in [0.25, 0.3) is 0 Å². The number of carbonyl (C=O) groups is 4. The van der Waals surface area contributed by atoms with Crippen molar-refractivity contribution in [1.82, 2.24) is 14.5 Å². The molecule has 14 nitrogen and oxygen atoms in total. The van der Waals surface area contributed by atoms with E-state index >= 15 is 0 Å². The van der Waals surface area contributed by atoms with E-state index in [4.69, 9.17) is 9.47 Å². The van der Waals surface area contributed by atoms with Gasteiger partial charge in [0.15, 0.2) is 11.9 Å². The topological polar surface area (TPSA) is 184 Å². The Kier molecular flexibility index (Phi) is 9.98. The molecule has 5 rings (SSSR count). The van der Waals surface area contributed by atoms with Crippen molar-refractivity contribution in [2.45, 2.75) is 50.1 Å². The number of hydrogen-bond acceptors (Lipinski definition) is 9. The molecule has 1 saturated heterocycles. The van der Waals surface area contributed by atoms with Gasteiger partial charge in [-0.2, -0.15) is 0 Å². The third-order valence-electron chi connectivity index (χ3n) is 7.83. The molecule has 0 aromatic heterocycles. The Morgan fingerprint density at radius 2 is 1.77 bits per heavy atom. The number of amidine groups is 1. The van der Waals surface area contributed by atoms with Crippen molar-refractivity contribution in [2.75, 3.05) is 25.6 Å². The van der Waals surface area contributed by atoms with Crippen LogP contribution >= 0.6 is 0 Å². The van der Waals surface area contributed by atoms with E-state index in [1.807, 2.05) is 32.0 Å². The number of imide groups is 1. The van der Waals surface area contributed by atoms with Gasteiger partial charge in [0.05, 0.1) is 25.1 Å². The van der Waals surface area contributed by atoms with Gasteiger partial charge in [-0.15, -0.1) is 0 Å². The zero-order valence-electron chi connectivity index (χ0n) is 26.5. The van der Waals surface area contributed by atoms with Crippen LogP contribution in [-0.2, 0) is 24.4 Å². The Bertz CT molecular complexity index is 1900. The lowest BCUT2D eigenvalue weighted by molar-refractivity contribution is -0.137. The number of benzene rings is 3. The maximum atomic E-state index is 14.2. The number of aliphatic imine (C=N–C) groups is 1. The molecule has 4 amide bonds. The van der Waals surface area contributed by atoms with Gasteiger partial charge in [-0.3, -0.25) is 18.7 Å². The first-order valence-electron chi connectivity index (χ1n) is 15.1. The first-order chi connectivity index (χ1) is 22.9. The molecular weight excluding hydrogens is 642 g/mol. The third-order valence-corrected chi connectivity index (χ3v) is 9.68. The highest BCUT2D eigenvalue weighted by molar-refractivity contribution is 7.90. The second-order valence-corrected chi connectivity index (χ2v) is 13.1. The molecule has 3 aromatic rings. The van der Waals surface area contributed by atoms with Crippen LogP contribution in [0, 0.1) is 13.8 Å². The van der Waals surface area contributed by atoms with Crippen molar-refractivity contribution < 1.29 is 42.2 Å². The summed E-state index contributed by atoms with van der Waals surface area (Å²) in [5.41, 5.74) is 2.17. The molecule has 0 spiro atoms. The monoisotopic (exact) mass is 677 g/mol. The quantitative estimate of drug-likeness (QED) is 0.180. The predicted molar refractivity (Wildman–Crippen MR) is 175 cm³/mol. The molecule has 2 aliphatic heterocycles. The molecule has 0 radical (unpaired) electrons. The van der Waals surface area contributed by atoms with Crippen LogP contribution in [0.5, 0.6) is 11.5 Å². The summed E-state index contributed by atoms with van der Waals surface area (Å²) in [6.07, 6.45) is -0.530. The van der Waals surface area contributed by atoms with Crippen molar-refractivity contribution in [3.8, 4) is 11.5 Å². The number of aryl methyl sites for hydroxylation is 2. The Morgan fingerprint density at radius 3 is 2.50 bits per heavy atom. The number of nitrogens with one attached hydrogen (secondary N) is 2. The van der Waals surface area contributed by atoms with E-state index in [0.717, 1.165) is 15.4 Å². The van der Waals surface area contributed by atoms with Gasteiger partial charge >= 0.3 is 12.0 Å². The average Bonchev–Trinajstić information content (AvgIpc) is 3.32. The molecule has 1 fully saturated rings. The van der Waals surface area contributed by atoms with Crippen LogP contribution in [0.15, 0.2) is 76.6 Å². The van der Waals surface area contributed by atoms with Gasteiger partial charge < -0.3 is 25.2 Å². The van der Waals surface area contributed by atoms with E-state index in [9.17, 15) is 32.7 Å². The van der Waals surface area contributed by atoms with Crippen LogP contribution < -0.4 is 20.1 Å². The fourth-order valence-electron chi connectivity index (χ4n) is 5.53.